The molecule has 11 aliphatic rings. The van der Waals surface area contributed by atoms with Crippen LogP contribution in [-0.2, 0) is 0 Å². The molecule has 1 aromatic carbocycles. The van der Waals surface area contributed by atoms with E-state index in [4.69, 9.17) is 4.99 Å². The number of aliphatic imine (C=N–C) groups is 1. The first kappa shape index (κ1) is 44.5. The Bertz CT molecular complexity index is 2600. The van der Waals surface area contributed by atoms with Gasteiger partial charge in [0, 0.05) is 52.4 Å². The molecule has 5 nitrogen and oxygen atoms in total. The highest BCUT2D eigenvalue weighted by Gasteiger charge is 2.50. The van der Waals surface area contributed by atoms with Crippen LogP contribution in [0.15, 0.2) is 201 Å². The lowest BCUT2D eigenvalue weighted by molar-refractivity contribution is 0.0583. The predicted molar refractivity (Wildman–Crippen MR) is 287 cm³/mol. The van der Waals surface area contributed by atoms with E-state index in [9.17, 15) is 0 Å². The number of para-hydroxylation sites is 1. The van der Waals surface area contributed by atoms with Gasteiger partial charge >= 0.3 is 0 Å². The summed E-state index contributed by atoms with van der Waals surface area (Å²) in [6, 6.07) is 11.2. The number of allylic oxidation sites excluding steroid dienone is 23. The molecule has 0 spiro atoms. The molecule has 11 unspecified atom stereocenters. The second-order valence-corrected chi connectivity index (χ2v) is 22.5. The molecule has 12 rings (SSSR count). The zero-order valence-electron chi connectivity index (χ0n) is 40.1. The van der Waals surface area contributed by atoms with Crippen molar-refractivity contribution < 1.29 is 0 Å². The normalized spacial score (nSPS) is 36.5. The van der Waals surface area contributed by atoms with Crippen LogP contribution in [0.3, 0.4) is 0 Å². The summed E-state index contributed by atoms with van der Waals surface area (Å²) in [5.41, 5.74) is 13.1. The van der Waals surface area contributed by atoms with Crippen LogP contribution in [0.25, 0.3) is 0 Å². The van der Waals surface area contributed by atoms with Crippen molar-refractivity contribution in [2.75, 3.05) is 4.90 Å². The predicted octanol–water partition coefficient (Wildman–Crippen LogP) is 13.9. The summed E-state index contributed by atoms with van der Waals surface area (Å²) in [4.78, 5) is 8.54. The number of hydrogen-bond acceptors (Lipinski definition) is 6. The molecule has 1 saturated heterocycles. The van der Waals surface area contributed by atoms with Crippen LogP contribution >= 0.6 is 11.8 Å². The number of hydrogen-bond donors (Lipinski definition) is 3. The average Bonchev–Trinajstić information content (AvgIpc) is 3.76. The van der Waals surface area contributed by atoms with Gasteiger partial charge in [-0.3, -0.25) is 20.9 Å². The van der Waals surface area contributed by atoms with Gasteiger partial charge in [-0.05, 0) is 149 Å². The van der Waals surface area contributed by atoms with E-state index < -0.39 is 0 Å². The summed E-state index contributed by atoms with van der Waals surface area (Å²) >= 11 is 2.09. The second-order valence-electron chi connectivity index (χ2n) is 21.4. The van der Waals surface area contributed by atoms with Gasteiger partial charge in [-0.1, -0.05) is 157 Å². The highest BCUT2D eigenvalue weighted by molar-refractivity contribution is 8.04. The molecule has 1 aromatic rings. The number of nitrogens with one attached hydrogen (secondary N) is 3. The minimum Gasteiger partial charge on any atom is -0.305 e. The van der Waals surface area contributed by atoms with Crippen molar-refractivity contribution in [3.8, 4) is 0 Å². The molecule has 0 amide bonds. The minimum atomic E-state index is -0.270. The molecule has 4 heterocycles. The number of benzene rings is 1. The standard InChI is InChI=1S/C62H71N5S/c1-62(48-29-13-5-14-30-48)65-59(45-26-11-4-12-27-45)64-60(66-62)55-40-47(46-37-38-50(42-21-7-2-8-22-42)54(39-46)43-23-9-3-10-24-43)41-63-57(55)53-35-20-33-51-52-34-19-28-44-25-17-18-36-56(44)67(61(52)68-58(51)53)49-31-15-6-16-32-49/h2-4,6-7,9-11,13,15-16,19-20,23,25-26,29,31-36,39,41-43,47-48,51,55,57-60,64-66H,5,8,12,14,17-18,21-22,24,27-28,30,37-38,40H2,1H3. The molecule has 3 N–H and O–H groups in total. The van der Waals surface area contributed by atoms with E-state index in [-0.39, 0.29) is 41.1 Å². The average molecular weight is 918 g/mol. The Morgan fingerprint density at radius 1 is 0.750 bits per heavy atom. The lowest BCUT2D eigenvalue weighted by atomic mass is 9.70. The number of anilines is 1. The minimum absolute atomic E-state index is 0.0331. The fourth-order valence-electron chi connectivity index (χ4n) is 13.7. The summed E-state index contributed by atoms with van der Waals surface area (Å²) in [5, 5.41) is 14.5. The molecule has 4 aliphatic heterocycles. The van der Waals surface area contributed by atoms with Crippen LogP contribution in [0.2, 0.25) is 0 Å². The Balaban J connectivity index is 0.936. The summed E-state index contributed by atoms with van der Waals surface area (Å²) < 4.78 is 0. The van der Waals surface area contributed by atoms with Gasteiger partial charge in [0.25, 0.3) is 0 Å². The zero-order chi connectivity index (χ0) is 45.4. The lowest BCUT2D eigenvalue weighted by Gasteiger charge is -2.53. The van der Waals surface area contributed by atoms with Gasteiger partial charge in [-0.25, -0.2) is 0 Å². The molecular formula is C62H71N5S. The van der Waals surface area contributed by atoms with E-state index in [0.29, 0.717) is 23.7 Å². The largest absolute Gasteiger partial charge is 0.305 e. The lowest BCUT2D eigenvalue weighted by Crippen LogP contribution is -2.77. The van der Waals surface area contributed by atoms with Crippen LogP contribution in [0.4, 0.5) is 5.69 Å². The first-order chi connectivity index (χ1) is 33.6. The molecule has 6 heteroatoms. The van der Waals surface area contributed by atoms with Gasteiger partial charge in [0.15, 0.2) is 0 Å². The Labute approximate surface area is 411 Å². The topological polar surface area (TPSA) is 51.7 Å². The maximum Gasteiger partial charge on any atom is 0.0843 e. The fourth-order valence-corrected chi connectivity index (χ4v) is 15.3. The van der Waals surface area contributed by atoms with E-state index in [1.807, 2.05) is 0 Å². The van der Waals surface area contributed by atoms with Crippen molar-refractivity contribution in [3.63, 3.8) is 0 Å². The van der Waals surface area contributed by atoms with E-state index >= 15 is 0 Å². The van der Waals surface area contributed by atoms with Gasteiger partial charge in [-0.2, -0.15) is 0 Å². The first-order valence-corrected chi connectivity index (χ1v) is 27.4. The maximum absolute atomic E-state index is 5.93. The molecule has 350 valence electrons. The van der Waals surface area contributed by atoms with Crippen LogP contribution in [0.5, 0.6) is 0 Å². The Morgan fingerprint density at radius 3 is 2.53 bits per heavy atom. The number of nitrogens with zero attached hydrogens (tertiary/aromatic N) is 2. The first-order valence-electron chi connectivity index (χ1n) is 26.6. The molecule has 0 radical (unpaired) electrons. The van der Waals surface area contributed by atoms with Crippen molar-refractivity contribution in [2.45, 2.75) is 133 Å². The molecule has 11 atom stereocenters. The van der Waals surface area contributed by atoms with Crippen LogP contribution in [0.1, 0.15) is 103 Å². The SMILES string of the molecule is CC1(C2C=CCCC2)NC(C2=CC=CCC2)NC(C2CC(C3=CC(C4C=CC=CC4)=C(C4CC=CCC4)CC3)C=NC2C2=CC=CC3C4=C(SC23)N(c2ccccc2)C2=CCCC=C2CC=C4)N1. The molecule has 0 bridgehead atoms. The quantitative estimate of drug-likeness (QED) is 0.227. The Morgan fingerprint density at radius 2 is 1.69 bits per heavy atom. The number of thioether (sulfide) groups is 1. The van der Waals surface area contributed by atoms with E-state index in [1.165, 1.54) is 83.7 Å². The number of fused-ring (bicyclic) bond motifs is 3. The highest BCUT2D eigenvalue weighted by atomic mass is 32.2. The summed E-state index contributed by atoms with van der Waals surface area (Å²) in [6.45, 7) is 2.46. The van der Waals surface area contributed by atoms with Crippen molar-refractivity contribution >= 4 is 23.7 Å². The van der Waals surface area contributed by atoms with Crippen LogP contribution < -0.4 is 20.9 Å². The van der Waals surface area contributed by atoms with Crippen molar-refractivity contribution in [2.24, 2.45) is 40.5 Å². The molecule has 0 aromatic heterocycles. The third-order valence-corrected chi connectivity index (χ3v) is 18.7. The number of rotatable bonds is 8. The summed E-state index contributed by atoms with van der Waals surface area (Å²) in [7, 11) is 0. The Hall–Kier alpha value is -4.72. The Kier molecular flexibility index (Phi) is 12.8. The molecular weight excluding hydrogens is 847 g/mol. The van der Waals surface area contributed by atoms with Gasteiger partial charge in [0.1, 0.15) is 0 Å². The molecule has 7 aliphatic carbocycles. The van der Waals surface area contributed by atoms with Crippen LogP contribution in [0, 0.1) is 35.5 Å². The van der Waals surface area contributed by atoms with Crippen molar-refractivity contribution in [1.29, 1.82) is 0 Å². The zero-order valence-corrected chi connectivity index (χ0v) is 40.9. The van der Waals surface area contributed by atoms with Gasteiger partial charge in [0.2, 0.25) is 0 Å². The molecule has 68 heavy (non-hydrogen) atoms. The molecule has 1 fully saturated rings. The van der Waals surface area contributed by atoms with Crippen molar-refractivity contribution in [3.05, 3.63) is 196 Å². The van der Waals surface area contributed by atoms with Crippen LogP contribution in [-0.4, -0.2) is 35.5 Å². The smallest absolute Gasteiger partial charge is 0.0843 e. The van der Waals surface area contributed by atoms with Gasteiger partial charge < -0.3 is 4.90 Å². The fraction of sp³-hybridized carbons (Fsp3) is 0.435. The maximum atomic E-state index is 5.93. The van der Waals surface area contributed by atoms with Gasteiger partial charge in [-0.15, -0.1) is 0 Å². The monoisotopic (exact) mass is 918 g/mol. The van der Waals surface area contributed by atoms with E-state index in [0.717, 1.165) is 51.4 Å². The summed E-state index contributed by atoms with van der Waals surface area (Å²) in [5.74, 6) is 2.33. The third kappa shape index (κ3) is 8.67. The molecule has 0 saturated carbocycles. The van der Waals surface area contributed by atoms with E-state index in [2.05, 4.69) is 192 Å². The second kappa shape index (κ2) is 19.6. The van der Waals surface area contributed by atoms with Crippen molar-refractivity contribution in [1.82, 2.24) is 16.0 Å². The summed E-state index contributed by atoms with van der Waals surface area (Å²) in [6.07, 6.45) is 65.8. The third-order valence-electron chi connectivity index (χ3n) is 17.2. The van der Waals surface area contributed by atoms with Gasteiger partial charge in [0.05, 0.1) is 29.1 Å². The van der Waals surface area contributed by atoms with E-state index in [1.54, 1.807) is 16.7 Å². The highest BCUT2D eigenvalue weighted by Crippen LogP contribution is 2.55.